The Bertz CT molecular complexity index is 537. The number of ether oxygens (including phenoxy) is 2. The standard InChI is InChI=1S/C17H24ClNO4/c1-16(2,3)23-15(21)19-13(12-9-7-6-8-10-12)17(4,5)14(20)22-11-18/h6-10,13H,11H2,1-5H3,(H,19,21). The van der Waals surface area contributed by atoms with Gasteiger partial charge in [0.2, 0.25) is 0 Å². The van der Waals surface area contributed by atoms with Crippen LogP contribution in [0.2, 0.25) is 0 Å². The van der Waals surface area contributed by atoms with Crippen LogP contribution in [0.15, 0.2) is 30.3 Å². The van der Waals surface area contributed by atoms with Crippen LogP contribution in [-0.2, 0) is 14.3 Å². The lowest BCUT2D eigenvalue weighted by molar-refractivity contribution is -0.153. The first kappa shape index (κ1) is 19.3. The van der Waals surface area contributed by atoms with Crippen LogP contribution in [-0.4, -0.2) is 23.7 Å². The van der Waals surface area contributed by atoms with Gasteiger partial charge < -0.3 is 14.8 Å². The third kappa shape index (κ3) is 5.75. The number of halogens is 1. The van der Waals surface area contributed by atoms with Gasteiger partial charge in [0.25, 0.3) is 0 Å². The van der Waals surface area contributed by atoms with Crippen molar-refractivity contribution >= 4 is 23.7 Å². The zero-order valence-corrected chi connectivity index (χ0v) is 14.9. The van der Waals surface area contributed by atoms with E-state index in [0.29, 0.717) is 0 Å². The van der Waals surface area contributed by atoms with Crippen LogP contribution in [0.5, 0.6) is 0 Å². The van der Waals surface area contributed by atoms with Gasteiger partial charge in [-0.1, -0.05) is 41.9 Å². The predicted molar refractivity (Wildman–Crippen MR) is 89.1 cm³/mol. The lowest BCUT2D eigenvalue weighted by Gasteiger charge is -2.33. The molecule has 0 aliphatic heterocycles. The number of carbonyl (C=O) groups excluding carboxylic acids is 2. The molecule has 1 atom stereocenters. The molecule has 128 valence electrons. The molecule has 0 fully saturated rings. The van der Waals surface area contributed by atoms with Gasteiger partial charge in [0.15, 0.2) is 6.07 Å². The average molecular weight is 342 g/mol. The molecule has 5 nitrogen and oxygen atoms in total. The summed E-state index contributed by atoms with van der Waals surface area (Å²) in [6.45, 7) is 8.71. The molecule has 0 radical (unpaired) electrons. The third-order valence-electron chi connectivity index (χ3n) is 3.23. The molecule has 0 aromatic heterocycles. The number of alkyl halides is 1. The van der Waals surface area contributed by atoms with Gasteiger partial charge in [0, 0.05) is 0 Å². The molecule has 23 heavy (non-hydrogen) atoms. The second-order valence-corrected chi connectivity index (χ2v) is 6.97. The first-order valence-electron chi connectivity index (χ1n) is 7.35. The third-order valence-corrected chi connectivity index (χ3v) is 3.34. The largest absolute Gasteiger partial charge is 0.449 e. The Balaban J connectivity index is 3.08. The predicted octanol–water partition coefficient (Wildman–Crippen LogP) is 4.02. The van der Waals surface area contributed by atoms with E-state index in [1.807, 2.05) is 30.3 Å². The molecule has 1 aromatic rings. The highest BCUT2D eigenvalue weighted by Crippen LogP contribution is 2.35. The molecule has 0 bridgehead atoms. The SMILES string of the molecule is CC(C)(C)OC(=O)NC(c1ccccc1)C(C)(C)C(=O)OCCl. The highest BCUT2D eigenvalue weighted by Gasteiger charge is 2.41. The Morgan fingerprint density at radius 3 is 2.17 bits per heavy atom. The van der Waals surface area contributed by atoms with Gasteiger partial charge in [-0.3, -0.25) is 4.79 Å². The van der Waals surface area contributed by atoms with Crippen molar-refractivity contribution in [3.8, 4) is 0 Å². The minimum absolute atomic E-state index is 0.240. The summed E-state index contributed by atoms with van der Waals surface area (Å²) < 4.78 is 10.2. The van der Waals surface area contributed by atoms with Crippen molar-refractivity contribution in [3.05, 3.63) is 35.9 Å². The summed E-state index contributed by atoms with van der Waals surface area (Å²) in [6, 6.07) is 8.34. The van der Waals surface area contributed by atoms with Crippen LogP contribution < -0.4 is 5.32 Å². The summed E-state index contributed by atoms with van der Waals surface area (Å²) in [5, 5.41) is 2.76. The van der Waals surface area contributed by atoms with Crippen LogP contribution in [0.3, 0.4) is 0 Å². The van der Waals surface area contributed by atoms with Crippen molar-refractivity contribution in [1.82, 2.24) is 5.32 Å². The first-order valence-corrected chi connectivity index (χ1v) is 7.89. The smallest absolute Gasteiger partial charge is 0.408 e. The maximum atomic E-state index is 12.2. The molecule has 1 aromatic carbocycles. The normalized spacial score (nSPS) is 13.1. The average Bonchev–Trinajstić information content (AvgIpc) is 2.44. The van der Waals surface area contributed by atoms with Crippen LogP contribution in [0.1, 0.15) is 46.2 Å². The summed E-state index contributed by atoms with van der Waals surface area (Å²) in [7, 11) is 0. The van der Waals surface area contributed by atoms with Crippen molar-refractivity contribution < 1.29 is 19.1 Å². The minimum Gasteiger partial charge on any atom is -0.449 e. The molecule has 0 heterocycles. The molecule has 0 spiro atoms. The molecule has 0 saturated carbocycles. The Morgan fingerprint density at radius 2 is 1.70 bits per heavy atom. The van der Waals surface area contributed by atoms with Crippen molar-refractivity contribution in [1.29, 1.82) is 0 Å². The van der Waals surface area contributed by atoms with Crippen LogP contribution >= 0.6 is 11.6 Å². The molecule has 6 heteroatoms. The minimum atomic E-state index is -1.02. The fourth-order valence-electron chi connectivity index (χ4n) is 2.10. The van der Waals surface area contributed by atoms with Crippen LogP contribution in [0.25, 0.3) is 0 Å². The van der Waals surface area contributed by atoms with E-state index in [4.69, 9.17) is 21.1 Å². The summed E-state index contributed by atoms with van der Waals surface area (Å²) in [5.74, 6) is -0.502. The number of hydrogen-bond donors (Lipinski definition) is 1. The Morgan fingerprint density at radius 1 is 1.13 bits per heavy atom. The fraction of sp³-hybridized carbons (Fsp3) is 0.529. The molecular formula is C17H24ClNO4. The van der Waals surface area contributed by atoms with E-state index >= 15 is 0 Å². The van der Waals surface area contributed by atoms with Crippen molar-refractivity contribution in [2.24, 2.45) is 5.41 Å². The van der Waals surface area contributed by atoms with E-state index in [-0.39, 0.29) is 6.07 Å². The number of carbonyl (C=O) groups is 2. The monoisotopic (exact) mass is 341 g/mol. The number of esters is 1. The van der Waals surface area contributed by atoms with Gasteiger partial charge in [-0.2, -0.15) is 0 Å². The molecule has 1 rings (SSSR count). The summed E-state index contributed by atoms with van der Waals surface area (Å²) in [5.41, 5.74) is -0.880. The Kier molecular flexibility index (Phi) is 6.45. The first-order chi connectivity index (χ1) is 10.6. The molecule has 0 saturated heterocycles. The molecule has 1 amide bonds. The Hall–Kier alpha value is -1.75. The summed E-state index contributed by atoms with van der Waals surface area (Å²) in [4.78, 5) is 24.4. The van der Waals surface area contributed by atoms with Gasteiger partial charge in [0.1, 0.15) is 5.60 Å². The molecule has 1 N–H and O–H groups in total. The second kappa shape index (κ2) is 7.68. The highest BCUT2D eigenvalue weighted by molar-refractivity contribution is 6.17. The van der Waals surface area contributed by atoms with E-state index in [2.05, 4.69) is 5.32 Å². The number of alkyl carbamates (subject to hydrolysis) is 1. The maximum absolute atomic E-state index is 12.2. The highest BCUT2D eigenvalue weighted by atomic mass is 35.5. The molecule has 1 unspecified atom stereocenters. The topological polar surface area (TPSA) is 64.6 Å². The lowest BCUT2D eigenvalue weighted by Crippen LogP contribution is -2.44. The van der Waals surface area contributed by atoms with Crippen LogP contribution in [0.4, 0.5) is 4.79 Å². The quantitative estimate of drug-likeness (QED) is 0.649. The maximum Gasteiger partial charge on any atom is 0.408 e. The number of benzene rings is 1. The van der Waals surface area contributed by atoms with Gasteiger partial charge >= 0.3 is 12.1 Å². The van der Waals surface area contributed by atoms with E-state index < -0.39 is 29.1 Å². The van der Waals surface area contributed by atoms with Gasteiger partial charge in [0.05, 0.1) is 11.5 Å². The number of nitrogens with one attached hydrogen (secondary N) is 1. The molecular weight excluding hydrogens is 318 g/mol. The summed E-state index contributed by atoms with van der Waals surface area (Å²) in [6.07, 6.45) is -0.599. The fourth-order valence-corrected chi connectivity index (χ4v) is 2.20. The number of rotatable bonds is 5. The van der Waals surface area contributed by atoms with E-state index in [0.717, 1.165) is 5.56 Å². The van der Waals surface area contributed by atoms with Crippen molar-refractivity contribution in [2.75, 3.05) is 6.07 Å². The van der Waals surface area contributed by atoms with Gasteiger partial charge in [-0.25, -0.2) is 4.79 Å². The van der Waals surface area contributed by atoms with Crippen molar-refractivity contribution in [2.45, 2.75) is 46.3 Å². The van der Waals surface area contributed by atoms with E-state index in [9.17, 15) is 9.59 Å². The summed E-state index contributed by atoms with van der Waals surface area (Å²) >= 11 is 5.49. The van der Waals surface area contributed by atoms with Gasteiger partial charge in [-0.15, -0.1) is 0 Å². The lowest BCUT2D eigenvalue weighted by atomic mass is 9.80. The number of hydrogen-bond acceptors (Lipinski definition) is 4. The zero-order chi connectivity index (χ0) is 17.7. The molecule has 0 aliphatic rings. The van der Waals surface area contributed by atoms with Gasteiger partial charge in [-0.05, 0) is 40.2 Å². The number of amides is 1. The Labute approximate surface area is 142 Å². The van der Waals surface area contributed by atoms with Crippen molar-refractivity contribution in [3.63, 3.8) is 0 Å². The second-order valence-electron chi connectivity index (χ2n) is 6.75. The zero-order valence-electron chi connectivity index (χ0n) is 14.2. The van der Waals surface area contributed by atoms with E-state index in [1.165, 1.54) is 0 Å². The van der Waals surface area contributed by atoms with E-state index in [1.54, 1.807) is 34.6 Å². The molecule has 0 aliphatic carbocycles. The van der Waals surface area contributed by atoms with Crippen LogP contribution in [0, 0.1) is 5.41 Å².